The van der Waals surface area contributed by atoms with Gasteiger partial charge in [0.05, 0.1) is 18.2 Å². The summed E-state index contributed by atoms with van der Waals surface area (Å²) in [6.07, 6.45) is 0.966. The summed E-state index contributed by atoms with van der Waals surface area (Å²) in [6.45, 7) is 9.43. The molecule has 4 aromatic rings. The Morgan fingerprint density at radius 1 is 1.07 bits per heavy atom. The van der Waals surface area contributed by atoms with Gasteiger partial charge in [0.1, 0.15) is 22.6 Å². The molecule has 0 fully saturated rings. The van der Waals surface area contributed by atoms with Crippen LogP contribution in [0.3, 0.4) is 0 Å². The average Bonchev–Trinajstić information content (AvgIpc) is 3.40. The standard InChI is InChI=1S/C31H35N5O3S/c1-18-20(3)40-30-26(18)28(32-27(19(2)31(37)38)29-34-33-21(4)36(29)30)23-13-11-22(12-14-23)24-9-7-10-25(17-24)39-16-8-15-35(5)6/h7,9-14,17,19,27H,8,15-16H2,1-6H3,(H,37,38)/t19?,27-/m0/s1. The molecule has 1 unspecified atom stereocenters. The maximum Gasteiger partial charge on any atom is 0.308 e. The molecule has 0 spiro atoms. The number of carbonyl (C=O) groups is 1. The second kappa shape index (κ2) is 11.3. The van der Waals surface area contributed by atoms with Crippen LogP contribution in [-0.4, -0.2) is 63.7 Å². The number of rotatable bonds is 9. The molecule has 2 atom stereocenters. The molecule has 5 rings (SSSR count). The van der Waals surface area contributed by atoms with Crippen molar-refractivity contribution in [2.45, 2.75) is 40.2 Å². The molecule has 208 valence electrons. The Hall–Kier alpha value is -3.82. The number of thiophene rings is 1. The van der Waals surface area contributed by atoms with Gasteiger partial charge in [-0.05, 0) is 77.0 Å². The van der Waals surface area contributed by atoms with E-state index in [1.165, 1.54) is 4.88 Å². The summed E-state index contributed by atoms with van der Waals surface area (Å²) in [5.74, 6) is 0.441. The Morgan fingerprint density at radius 2 is 1.80 bits per heavy atom. The zero-order chi connectivity index (χ0) is 28.6. The summed E-state index contributed by atoms with van der Waals surface area (Å²) in [6, 6.07) is 15.8. The van der Waals surface area contributed by atoms with Crippen LogP contribution >= 0.6 is 11.3 Å². The Morgan fingerprint density at radius 3 is 2.50 bits per heavy atom. The Balaban J connectivity index is 1.52. The number of ether oxygens (including phenoxy) is 1. The highest BCUT2D eigenvalue weighted by atomic mass is 32.1. The summed E-state index contributed by atoms with van der Waals surface area (Å²) in [7, 11) is 4.12. The van der Waals surface area contributed by atoms with Crippen molar-refractivity contribution >= 4 is 23.0 Å². The smallest absolute Gasteiger partial charge is 0.308 e. The summed E-state index contributed by atoms with van der Waals surface area (Å²) < 4.78 is 7.97. The summed E-state index contributed by atoms with van der Waals surface area (Å²) in [5, 5.41) is 19.6. The first-order valence-electron chi connectivity index (χ1n) is 13.5. The Kier molecular flexibility index (Phi) is 7.87. The molecule has 0 saturated carbocycles. The van der Waals surface area contributed by atoms with Crippen molar-refractivity contribution in [3.8, 4) is 21.9 Å². The largest absolute Gasteiger partial charge is 0.494 e. The van der Waals surface area contributed by atoms with E-state index in [0.717, 1.165) is 63.1 Å². The summed E-state index contributed by atoms with van der Waals surface area (Å²) in [5.41, 5.74) is 5.99. The molecule has 1 N–H and O–H groups in total. The van der Waals surface area contributed by atoms with E-state index in [1.54, 1.807) is 18.3 Å². The molecule has 0 amide bonds. The van der Waals surface area contributed by atoms with Gasteiger partial charge in [-0.3, -0.25) is 14.4 Å². The minimum absolute atomic E-state index is 0.559. The Labute approximate surface area is 239 Å². The summed E-state index contributed by atoms with van der Waals surface area (Å²) in [4.78, 5) is 20.5. The monoisotopic (exact) mass is 557 g/mol. The molecular formula is C31H35N5O3S. The molecule has 3 heterocycles. The topological polar surface area (TPSA) is 92.8 Å². The molecule has 2 aromatic carbocycles. The minimum atomic E-state index is -0.919. The van der Waals surface area contributed by atoms with E-state index < -0.39 is 17.9 Å². The number of hydrogen-bond donors (Lipinski definition) is 1. The van der Waals surface area contributed by atoms with Gasteiger partial charge in [-0.25, -0.2) is 0 Å². The first-order valence-corrected chi connectivity index (χ1v) is 14.3. The van der Waals surface area contributed by atoms with Crippen LogP contribution in [0.15, 0.2) is 53.5 Å². The number of nitrogens with zero attached hydrogens (tertiary/aromatic N) is 5. The normalized spacial score (nSPS) is 15.3. The highest BCUT2D eigenvalue weighted by Crippen LogP contribution is 2.40. The number of aliphatic imine (C=N–C) groups is 1. The van der Waals surface area contributed by atoms with E-state index in [9.17, 15) is 9.90 Å². The fraction of sp³-hybridized carbons (Fsp3) is 0.355. The van der Waals surface area contributed by atoms with E-state index >= 15 is 0 Å². The maximum atomic E-state index is 12.1. The Bertz CT molecular complexity index is 1570. The number of hydrogen-bond acceptors (Lipinski definition) is 7. The number of benzene rings is 2. The van der Waals surface area contributed by atoms with Crippen molar-refractivity contribution in [1.29, 1.82) is 0 Å². The van der Waals surface area contributed by atoms with Crippen LogP contribution in [0.5, 0.6) is 5.75 Å². The predicted octanol–water partition coefficient (Wildman–Crippen LogP) is 5.86. The molecule has 1 aliphatic rings. The third-order valence-corrected chi connectivity index (χ3v) is 8.59. The quantitative estimate of drug-likeness (QED) is 0.259. The number of fused-ring (bicyclic) bond motifs is 3. The number of carboxylic acids is 1. The third-order valence-electron chi connectivity index (χ3n) is 7.40. The van der Waals surface area contributed by atoms with E-state index in [-0.39, 0.29) is 0 Å². The lowest BCUT2D eigenvalue weighted by atomic mass is 9.96. The first kappa shape index (κ1) is 27.7. The van der Waals surface area contributed by atoms with Gasteiger partial charge in [0.15, 0.2) is 5.82 Å². The van der Waals surface area contributed by atoms with Crippen LogP contribution in [0.1, 0.15) is 52.6 Å². The van der Waals surface area contributed by atoms with Crippen molar-refractivity contribution in [2.75, 3.05) is 27.2 Å². The van der Waals surface area contributed by atoms with Gasteiger partial charge in [-0.1, -0.05) is 36.4 Å². The second-order valence-electron chi connectivity index (χ2n) is 10.6. The molecule has 0 radical (unpaired) electrons. The van der Waals surface area contributed by atoms with Gasteiger partial charge in [0.2, 0.25) is 0 Å². The van der Waals surface area contributed by atoms with Gasteiger partial charge in [-0.2, -0.15) is 0 Å². The zero-order valence-corrected chi connectivity index (χ0v) is 24.6. The molecular weight excluding hydrogens is 522 g/mol. The first-order chi connectivity index (χ1) is 19.2. The van der Waals surface area contributed by atoms with Gasteiger partial charge in [-0.15, -0.1) is 21.5 Å². The molecule has 9 heteroatoms. The fourth-order valence-corrected chi connectivity index (χ4v) is 6.19. The highest BCUT2D eigenvalue weighted by Gasteiger charge is 2.36. The van der Waals surface area contributed by atoms with Crippen molar-refractivity contribution in [2.24, 2.45) is 10.9 Å². The van der Waals surface area contributed by atoms with Crippen molar-refractivity contribution < 1.29 is 14.6 Å². The van der Waals surface area contributed by atoms with Crippen LogP contribution < -0.4 is 4.74 Å². The third kappa shape index (κ3) is 5.31. The van der Waals surface area contributed by atoms with Gasteiger partial charge in [0.25, 0.3) is 0 Å². The molecule has 0 bridgehead atoms. The van der Waals surface area contributed by atoms with Crippen molar-refractivity contribution in [1.82, 2.24) is 19.7 Å². The number of aromatic nitrogens is 3. The molecule has 0 aliphatic carbocycles. The van der Waals surface area contributed by atoms with Crippen molar-refractivity contribution in [3.05, 3.63) is 81.7 Å². The van der Waals surface area contributed by atoms with Crippen LogP contribution in [0.2, 0.25) is 0 Å². The molecule has 1 aliphatic heterocycles. The lowest BCUT2D eigenvalue weighted by molar-refractivity contribution is -0.141. The van der Waals surface area contributed by atoms with E-state index in [2.05, 4.69) is 79.4 Å². The fourth-order valence-electron chi connectivity index (χ4n) is 4.97. The average molecular weight is 558 g/mol. The van der Waals surface area contributed by atoms with Crippen LogP contribution in [-0.2, 0) is 4.79 Å². The van der Waals surface area contributed by atoms with E-state index in [1.807, 2.05) is 23.6 Å². The van der Waals surface area contributed by atoms with Crippen molar-refractivity contribution in [3.63, 3.8) is 0 Å². The van der Waals surface area contributed by atoms with Crippen LogP contribution in [0.25, 0.3) is 16.1 Å². The van der Waals surface area contributed by atoms with Crippen LogP contribution in [0.4, 0.5) is 0 Å². The molecule has 2 aromatic heterocycles. The number of aliphatic carboxylic acids is 1. The maximum absolute atomic E-state index is 12.1. The zero-order valence-electron chi connectivity index (χ0n) is 23.8. The molecule has 0 saturated heterocycles. The number of aryl methyl sites for hydroxylation is 2. The second-order valence-corrected chi connectivity index (χ2v) is 11.8. The molecule has 8 nitrogen and oxygen atoms in total. The van der Waals surface area contributed by atoms with Gasteiger partial charge in [0, 0.05) is 22.5 Å². The van der Waals surface area contributed by atoms with Crippen LogP contribution in [0, 0.1) is 26.7 Å². The minimum Gasteiger partial charge on any atom is -0.494 e. The van der Waals surface area contributed by atoms with E-state index in [0.29, 0.717) is 12.4 Å². The molecule has 40 heavy (non-hydrogen) atoms. The van der Waals surface area contributed by atoms with Gasteiger partial charge < -0.3 is 14.7 Å². The lowest BCUT2D eigenvalue weighted by Crippen LogP contribution is -2.21. The lowest BCUT2D eigenvalue weighted by Gasteiger charge is -2.16. The SMILES string of the molecule is Cc1sc2c(c1C)C(c1ccc(-c3cccc(OCCCN(C)C)c3)cc1)=N[C@@H](C(C)C(=O)O)c1nnc(C)n1-2. The predicted molar refractivity (Wildman–Crippen MR) is 159 cm³/mol. The summed E-state index contributed by atoms with van der Waals surface area (Å²) >= 11 is 1.66. The number of carboxylic acid groups (broad SMARTS) is 1. The van der Waals surface area contributed by atoms with E-state index in [4.69, 9.17) is 9.73 Å². The van der Waals surface area contributed by atoms with Gasteiger partial charge >= 0.3 is 5.97 Å². The highest BCUT2D eigenvalue weighted by molar-refractivity contribution is 7.15.